The lowest BCUT2D eigenvalue weighted by atomic mass is 9.78. The van der Waals surface area contributed by atoms with Crippen molar-refractivity contribution >= 4 is 0 Å². The van der Waals surface area contributed by atoms with Crippen LogP contribution in [0.1, 0.15) is 38.7 Å². The summed E-state index contributed by atoms with van der Waals surface area (Å²) < 4.78 is 16.9. The fourth-order valence-electron chi connectivity index (χ4n) is 3.19. The molecular formula is C18H24O3. The Morgan fingerprint density at radius 2 is 2.10 bits per heavy atom. The maximum atomic E-state index is 6.18. The SMILES string of the molecule is C=C(C)C1CCC(C)C(OCc2ccc3c(c2)OCO3)C1. The molecule has 0 bridgehead atoms. The van der Waals surface area contributed by atoms with Crippen molar-refractivity contribution < 1.29 is 14.2 Å². The first-order chi connectivity index (χ1) is 10.1. The summed E-state index contributed by atoms with van der Waals surface area (Å²) >= 11 is 0. The minimum Gasteiger partial charge on any atom is -0.454 e. The Morgan fingerprint density at radius 3 is 2.90 bits per heavy atom. The summed E-state index contributed by atoms with van der Waals surface area (Å²) in [6.07, 6.45) is 3.90. The van der Waals surface area contributed by atoms with Crippen LogP contribution in [0, 0.1) is 11.8 Å². The predicted octanol–water partition coefficient (Wildman–Crippen LogP) is 4.31. The van der Waals surface area contributed by atoms with Crippen molar-refractivity contribution in [2.24, 2.45) is 11.8 Å². The minimum atomic E-state index is 0.319. The third-order valence-electron chi connectivity index (χ3n) is 4.72. The second-order valence-corrected chi connectivity index (χ2v) is 6.37. The van der Waals surface area contributed by atoms with Crippen molar-refractivity contribution in [3.05, 3.63) is 35.9 Å². The smallest absolute Gasteiger partial charge is 0.231 e. The Bertz CT molecular complexity index is 523. The highest BCUT2D eigenvalue weighted by atomic mass is 16.7. The van der Waals surface area contributed by atoms with Gasteiger partial charge in [0, 0.05) is 0 Å². The molecule has 0 saturated heterocycles. The van der Waals surface area contributed by atoms with Gasteiger partial charge in [-0.25, -0.2) is 0 Å². The maximum absolute atomic E-state index is 6.18. The van der Waals surface area contributed by atoms with Crippen LogP contribution in [0.3, 0.4) is 0 Å². The second-order valence-electron chi connectivity index (χ2n) is 6.37. The van der Waals surface area contributed by atoms with E-state index in [9.17, 15) is 0 Å². The van der Waals surface area contributed by atoms with E-state index in [1.165, 1.54) is 18.4 Å². The lowest BCUT2D eigenvalue weighted by Gasteiger charge is -2.34. The molecule has 21 heavy (non-hydrogen) atoms. The van der Waals surface area contributed by atoms with Gasteiger partial charge in [0.25, 0.3) is 0 Å². The highest BCUT2D eigenvalue weighted by molar-refractivity contribution is 5.44. The Kier molecular flexibility index (Phi) is 4.20. The molecular weight excluding hydrogens is 264 g/mol. The summed E-state index contributed by atoms with van der Waals surface area (Å²) in [7, 11) is 0. The van der Waals surface area contributed by atoms with E-state index in [-0.39, 0.29) is 0 Å². The summed E-state index contributed by atoms with van der Waals surface area (Å²) in [5, 5.41) is 0. The topological polar surface area (TPSA) is 27.7 Å². The summed E-state index contributed by atoms with van der Waals surface area (Å²) in [5.41, 5.74) is 2.43. The van der Waals surface area contributed by atoms with Crippen LogP contribution in [0.25, 0.3) is 0 Å². The molecule has 2 aliphatic rings. The van der Waals surface area contributed by atoms with Crippen LogP contribution in [-0.2, 0) is 11.3 Å². The number of hydrogen-bond donors (Lipinski definition) is 0. The number of allylic oxidation sites excluding steroid dienone is 1. The molecule has 0 N–H and O–H groups in total. The molecule has 0 aromatic heterocycles. The summed E-state index contributed by atoms with van der Waals surface area (Å²) in [6.45, 7) is 9.49. The Hall–Kier alpha value is -1.48. The molecule has 1 saturated carbocycles. The highest BCUT2D eigenvalue weighted by Gasteiger charge is 2.28. The van der Waals surface area contributed by atoms with Crippen molar-refractivity contribution in [3.8, 4) is 11.5 Å². The van der Waals surface area contributed by atoms with Crippen LogP contribution < -0.4 is 9.47 Å². The molecule has 3 nitrogen and oxygen atoms in total. The van der Waals surface area contributed by atoms with Gasteiger partial charge in [0.05, 0.1) is 12.7 Å². The molecule has 3 heteroatoms. The second kappa shape index (κ2) is 6.10. The summed E-state index contributed by atoms with van der Waals surface area (Å²) in [6, 6.07) is 6.03. The molecule has 1 heterocycles. The van der Waals surface area contributed by atoms with Gasteiger partial charge in [-0.1, -0.05) is 25.1 Å². The average molecular weight is 288 g/mol. The minimum absolute atomic E-state index is 0.319. The first kappa shape index (κ1) is 14.5. The van der Waals surface area contributed by atoms with Crippen molar-refractivity contribution in [3.63, 3.8) is 0 Å². The third-order valence-corrected chi connectivity index (χ3v) is 4.72. The molecule has 1 fully saturated rings. The van der Waals surface area contributed by atoms with Gasteiger partial charge in [-0.3, -0.25) is 0 Å². The lowest BCUT2D eigenvalue weighted by Crippen LogP contribution is -2.30. The molecule has 1 aromatic rings. The number of rotatable bonds is 4. The van der Waals surface area contributed by atoms with Crippen LogP contribution in [0.5, 0.6) is 11.5 Å². The fraction of sp³-hybridized carbons (Fsp3) is 0.556. The van der Waals surface area contributed by atoms with Gasteiger partial charge in [-0.2, -0.15) is 0 Å². The maximum Gasteiger partial charge on any atom is 0.231 e. The van der Waals surface area contributed by atoms with Crippen molar-refractivity contribution in [1.82, 2.24) is 0 Å². The van der Waals surface area contributed by atoms with E-state index in [2.05, 4.69) is 26.5 Å². The van der Waals surface area contributed by atoms with E-state index in [1.54, 1.807) is 0 Å². The molecule has 3 rings (SSSR count). The van der Waals surface area contributed by atoms with Gasteiger partial charge >= 0.3 is 0 Å². The van der Waals surface area contributed by atoms with Gasteiger partial charge in [0.15, 0.2) is 11.5 Å². The zero-order valence-corrected chi connectivity index (χ0v) is 12.9. The van der Waals surface area contributed by atoms with E-state index in [0.29, 0.717) is 31.3 Å². The average Bonchev–Trinajstić information content (AvgIpc) is 2.93. The van der Waals surface area contributed by atoms with E-state index >= 15 is 0 Å². The van der Waals surface area contributed by atoms with Gasteiger partial charge in [0.1, 0.15) is 0 Å². The van der Waals surface area contributed by atoms with E-state index in [1.807, 2.05) is 12.1 Å². The third kappa shape index (κ3) is 3.24. The molecule has 1 aliphatic carbocycles. The number of ether oxygens (including phenoxy) is 3. The Balaban J connectivity index is 1.59. The molecule has 3 atom stereocenters. The predicted molar refractivity (Wildman–Crippen MR) is 82.5 cm³/mol. The standard InChI is InChI=1S/C18H24O3/c1-12(2)15-6-4-13(3)17(9-15)19-10-14-5-7-16-18(8-14)21-11-20-16/h5,7-8,13,15,17H,1,4,6,9-11H2,2-3H3. The highest BCUT2D eigenvalue weighted by Crippen LogP contribution is 2.36. The fourth-order valence-corrected chi connectivity index (χ4v) is 3.19. The van der Waals surface area contributed by atoms with Crippen LogP contribution in [-0.4, -0.2) is 12.9 Å². The van der Waals surface area contributed by atoms with Crippen molar-refractivity contribution in [2.75, 3.05) is 6.79 Å². The van der Waals surface area contributed by atoms with Crippen LogP contribution in [0.2, 0.25) is 0 Å². The first-order valence-electron chi connectivity index (χ1n) is 7.79. The van der Waals surface area contributed by atoms with Crippen molar-refractivity contribution in [2.45, 2.75) is 45.8 Å². The molecule has 0 radical (unpaired) electrons. The van der Waals surface area contributed by atoms with Crippen LogP contribution >= 0.6 is 0 Å². The molecule has 1 aromatic carbocycles. The van der Waals surface area contributed by atoms with Gasteiger partial charge < -0.3 is 14.2 Å². The summed E-state index contributed by atoms with van der Waals surface area (Å²) in [5.74, 6) is 2.89. The van der Waals surface area contributed by atoms with Crippen LogP contribution in [0.4, 0.5) is 0 Å². The summed E-state index contributed by atoms with van der Waals surface area (Å²) in [4.78, 5) is 0. The van der Waals surface area contributed by atoms with Crippen LogP contribution in [0.15, 0.2) is 30.4 Å². The van der Waals surface area contributed by atoms with Gasteiger partial charge in [0.2, 0.25) is 6.79 Å². The Morgan fingerprint density at radius 1 is 1.29 bits per heavy atom. The van der Waals surface area contributed by atoms with E-state index in [0.717, 1.165) is 23.5 Å². The number of fused-ring (bicyclic) bond motifs is 1. The molecule has 1 aliphatic heterocycles. The number of benzene rings is 1. The molecule has 3 unspecified atom stereocenters. The van der Waals surface area contributed by atoms with E-state index < -0.39 is 0 Å². The molecule has 0 amide bonds. The van der Waals surface area contributed by atoms with Crippen molar-refractivity contribution in [1.29, 1.82) is 0 Å². The zero-order chi connectivity index (χ0) is 14.8. The number of hydrogen-bond acceptors (Lipinski definition) is 3. The first-order valence-corrected chi connectivity index (χ1v) is 7.79. The Labute approximate surface area is 126 Å². The monoisotopic (exact) mass is 288 g/mol. The largest absolute Gasteiger partial charge is 0.454 e. The lowest BCUT2D eigenvalue weighted by molar-refractivity contribution is -0.0257. The molecule has 114 valence electrons. The quantitative estimate of drug-likeness (QED) is 0.773. The van der Waals surface area contributed by atoms with Gasteiger partial charge in [-0.05, 0) is 55.7 Å². The zero-order valence-electron chi connectivity index (χ0n) is 12.9. The van der Waals surface area contributed by atoms with Gasteiger partial charge in [-0.15, -0.1) is 0 Å². The molecule has 0 spiro atoms. The van der Waals surface area contributed by atoms with E-state index in [4.69, 9.17) is 14.2 Å². The normalized spacial score (nSPS) is 27.6.